The van der Waals surface area contributed by atoms with Crippen LogP contribution in [0, 0.1) is 0 Å². The van der Waals surface area contributed by atoms with Crippen LogP contribution in [-0.2, 0) is 14.8 Å². The number of carboxylic acids is 1. The molecule has 0 radical (unpaired) electrons. The smallest absolute Gasteiger partial charge is 0.335 e. The van der Waals surface area contributed by atoms with Crippen molar-refractivity contribution < 1.29 is 27.9 Å². The molecule has 10 heteroatoms. The molecule has 9 nitrogen and oxygen atoms in total. The van der Waals surface area contributed by atoms with Crippen LogP contribution < -0.4 is 14.5 Å². The third-order valence-corrected chi connectivity index (χ3v) is 6.40. The van der Waals surface area contributed by atoms with Crippen molar-refractivity contribution in [3.05, 3.63) is 90.0 Å². The first-order chi connectivity index (χ1) is 16.3. The van der Waals surface area contributed by atoms with Crippen molar-refractivity contribution in [2.75, 3.05) is 17.5 Å². The summed E-state index contributed by atoms with van der Waals surface area (Å²) in [5.41, 5.74) is 3.31. The van der Waals surface area contributed by atoms with E-state index in [2.05, 4.69) is 10.5 Å². The average molecular weight is 482 g/mol. The summed E-state index contributed by atoms with van der Waals surface area (Å²) in [4.78, 5) is 23.5. The first-order valence-electron chi connectivity index (χ1n) is 10.3. The van der Waals surface area contributed by atoms with Gasteiger partial charge < -0.3 is 9.84 Å². The Balaban J connectivity index is 1.77. The van der Waals surface area contributed by atoms with E-state index < -0.39 is 28.4 Å². The van der Waals surface area contributed by atoms with Crippen molar-refractivity contribution >= 4 is 33.8 Å². The molecule has 0 aliphatic heterocycles. The van der Waals surface area contributed by atoms with Crippen LogP contribution in [0.15, 0.2) is 88.9 Å². The number of amides is 1. The van der Waals surface area contributed by atoms with Gasteiger partial charge >= 0.3 is 5.97 Å². The molecule has 0 unspecified atom stereocenters. The van der Waals surface area contributed by atoms with Crippen LogP contribution >= 0.6 is 0 Å². The minimum Gasteiger partial charge on any atom is -0.494 e. The highest BCUT2D eigenvalue weighted by atomic mass is 32.2. The van der Waals surface area contributed by atoms with Gasteiger partial charge in [-0.3, -0.25) is 9.10 Å². The summed E-state index contributed by atoms with van der Waals surface area (Å²) in [6.07, 6.45) is 1.33. The van der Waals surface area contributed by atoms with Gasteiger partial charge in [0, 0.05) is 0 Å². The number of carboxylic acid groups (broad SMARTS) is 1. The third-order valence-electron chi connectivity index (χ3n) is 4.61. The van der Waals surface area contributed by atoms with Crippen molar-refractivity contribution in [1.29, 1.82) is 0 Å². The van der Waals surface area contributed by atoms with Gasteiger partial charge in [-0.15, -0.1) is 0 Å². The molecular weight excluding hydrogens is 458 g/mol. The molecule has 0 heterocycles. The maximum Gasteiger partial charge on any atom is 0.335 e. The fraction of sp³-hybridized carbons (Fsp3) is 0.125. The molecule has 3 rings (SSSR count). The second-order valence-corrected chi connectivity index (χ2v) is 8.83. The fourth-order valence-electron chi connectivity index (χ4n) is 2.97. The lowest BCUT2D eigenvalue weighted by atomic mass is 10.1. The second kappa shape index (κ2) is 11.1. The Bertz CT molecular complexity index is 1260. The molecule has 0 aliphatic rings. The molecule has 1 amide bonds. The number of rotatable bonds is 10. The topological polar surface area (TPSA) is 125 Å². The van der Waals surface area contributed by atoms with Gasteiger partial charge in [-0.25, -0.2) is 18.6 Å². The molecule has 176 valence electrons. The predicted molar refractivity (Wildman–Crippen MR) is 128 cm³/mol. The molecule has 0 atom stereocenters. The van der Waals surface area contributed by atoms with Gasteiger partial charge in [-0.05, 0) is 61.0 Å². The van der Waals surface area contributed by atoms with Gasteiger partial charge in [0.15, 0.2) is 0 Å². The SMILES string of the molecule is CCOc1ccc(S(=O)(=O)N(CC(=O)N/N=C/c2ccc(C(=O)O)cc2)c2ccccc2)cc1. The number of hydrogen-bond acceptors (Lipinski definition) is 6. The number of aromatic carboxylic acids is 1. The zero-order valence-electron chi connectivity index (χ0n) is 18.3. The molecular formula is C24H23N3O6S. The summed E-state index contributed by atoms with van der Waals surface area (Å²) < 4.78 is 33.0. The van der Waals surface area contributed by atoms with Gasteiger partial charge in [-0.2, -0.15) is 5.10 Å². The molecule has 0 saturated heterocycles. The van der Waals surface area contributed by atoms with Crippen molar-refractivity contribution in [1.82, 2.24) is 5.43 Å². The number of anilines is 1. The van der Waals surface area contributed by atoms with Crippen molar-refractivity contribution in [3.8, 4) is 5.75 Å². The fourth-order valence-corrected chi connectivity index (χ4v) is 4.39. The van der Waals surface area contributed by atoms with E-state index in [-0.39, 0.29) is 10.5 Å². The van der Waals surface area contributed by atoms with E-state index in [1.165, 1.54) is 42.6 Å². The summed E-state index contributed by atoms with van der Waals surface area (Å²) in [6, 6.07) is 20.1. The number of nitrogens with one attached hydrogen (secondary N) is 1. The van der Waals surface area contributed by atoms with Crippen LogP contribution in [0.3, 0.4) is 0 Å². The average Bonchev–Trinajstić information content (AvgIpc) is 2.84. The number of nitrogens with zero attached hydrogens (tertiary/aromatic N) is 2. The Morgan fingerprint density at radius 2 is 1.65 bits per heavy atom. The number of sulfonamides is 1. The van der Waals surface area contributed by atoms with Crippen molar-refractivity contribution in [3.63, 3.8) is 0 Å². The third kappa shape index (κ3) is 6.20. The first kappa shape index (κ1) is 24.5. The number of ether oxygens (including phenoxy) is 1. The monoisotopic (exact) mass is 481 g/mol. The number of hydrazone groups is 1. The number of para-hydroxylation sites is 1. The van der Waals surface area contributed by atoms with Crippen LogP contribution in [0.5, 0.6) is 5.75 Å². The maximum atomic E-state index is 13.3. The zero-order chi connectivity index (χ0) is 24.6. The van der Waals surface area contributed by atoms with E-state index in [1.54, 1.807) is 42.5 Å². The lowest BCUT2D eigenvalue weighted by Gasteiger charge is -2.23. The maximum absolute atomic E-state index is 13.3. The quantitative estimate of drug-likeness (QED) is 0.339. The molecule has 0 bridgehead atoms. The summed E-state index contributed by atoms with van der Waals surface area (Å²) in [5, 5.41) is 12.8. The standard InChI is InChI=1S/C24H23N3O6S/c1-2-33-21-12-14-22(15-13-21)34(31,32)27(20-6-4-3-5-7-20)17-23(28)26-25-16-18-8-10-19(11-9-18)24(29)30/h3-16H,2,17H2,1H3,(H,26,28)(H,29,30)/b25-16+. The van der Waals surface area contributed by atoms with Crippen LogP contribution in [0.1, 0.15) is 22.8 Å². The van der Waals surface area contributed by atoms with Crippen molar-refractivity contribution in [2.45, 2.75) is 11.8 Å². The predicted octanol–water partition coefficient (Wildman–Crippen LogP) is 3.13. The van der Waals surface area contributed by atoms with E-state index in [4.69, 9.17) is 9.84 Å². The molecule has 0 fully saturated rings. The first-order valence-corrected chi connectivity index (χ1v) is 11.7. The Labute approximate surface area is 197 Å². The van der Waals surface area contributed by atoms with Gasteiger partial charge in [0.05, 0.1) is 29.0 Å². The molecule has 2 N–H and O–H groups in total. The second-order valence-electron chi connectivity index (χ2n) is 6.97. The van der Waals surface area contributed by atoms with Gasteiger partial charge in [0.2, 0.25) is 0 Å². The number of benzene rings is 3. The van der Waals surface area contributed by atoms with Gasteiger partial charge in [-0.1, -0.05) is 30.3 Å². The van der Waals surface area contributed by atoms with E-state index in [9.17, 15) is 18.0 Å². The van der Waals surface area contributed by atoms with Gasteiger partial charge in [0.1, 0.15) is 12.3 Å². The van der Waals surface area contributed by atoms with Gasteiger partial charge in [0.25, 0.3) is 15.9 Å². The number of carbonyl (C=O) groups is 2. The minimum atomic E-state index is -4.06. The molecule has 0 aliphatic carbocycles. The van der Waals surface area contributed by atoms with Crippen molar-refractivity contribution in [2.24, 2.45) is 5.10 Å². The molecule has 0 aromatic heterocycles. The van der Waals surface area contributed by atoms with Crippen LogP contribution in [-0.4, -0.2) is 44.8 Å². The Morgan fingerprint density at radius 3 is 2.24 bits per heavy atom. The number of carbonyl (C=O) groups excluding carboxylic acids is 1. The molecule has 3 aromatic rings. The molecule has 0 spiro atoms. The largest absolute Gasteiger partial charge is 0.494 e. The highest BCUT2D eigenvalue weighted by Crippen LogP contribution is 2.25. The summed E-state index contributed by atoms with van der Waals surface area (Å²) in [6.45, 7) is 1.77. The van der Waals surface area contributed by atoms with E-state index in [0.29, 0.717) is 23.6 Å². The molecule has 3 aromatic carbocycles. The Kier molecular flexibility index (Phi) is 7.99. The highest BCUT2D eigenvalue weighted by molar-refractivity contribution is 7.92. The Hall–Kier alpha value is -4.18. The highest BCUT2D eigenvalue weighted by Gasteiger charge is 2.27. The van der Waals surface area contributed by atoms with Crippen LogP contribution in [0.4, 0.5) is 5.69 Å². The number of hydrogen-bond donors (Lipinski definition) is 2. The normalized spacial score (nSPS) is 11.2. The zero-order valence-corrected chi connectivity index (χ0v) is 19.1. The summed E-state index contributed by atoms with van der Waals surface area (Å²) in [5.74, 6) is -1.17. The Morgan fingerprint density at radius 1 is 1.00 bits per heavy atom. The minimum absolute atomic E-state index is 0.00891. The van der Waals surface area contributed by atoms with Crippen LogP contribution in [0.2, 0.25) is 0 Å². The molecule has 0 saturated carbocycles. The lowest BCUT2D eigenvalue weighted by Crippen LogP contribution is -2.39. The summed E-state index contributed by atoms with van der Waals surface area (Å²) >= 11 is 0. The van der Waals surface area contributed by atoms with E-state index in [0.717, 1.165) is 4.31 Å². The summed E-state index contributed by atoms with van der Waals surface area (Å²) in [7, 11) is -4.06. The lowest BCUT2D eigenvalue weighted by molar-refractivity contribution is -0.119. The molecule has 34 heavy (non-hydrogen) atoms. The van der Waals surface area contributed by atoms with E-state index in [1.807, 2.05) is 6.92 Å². The van der Waals surface area contributed by atoms with Crippen LogP contribution in [0.25, 0.3) is 0 Å². The van der Waals surface area contributed by atoms with E-state index >= 15 is 0 Å².